The second kappa shape index (κ2) is 10.7. The lowest BCUT2D eigenvalue weighted by Gasteiger charge is -2.30. The summed E-state index contributed by atoms with van der Waals surface area (Å²) >= 11 is 0. The number of hydrogen-bond acceptors (Lipinski definition) is 5. The molecule has 0 spiro atoms. The van der Waals surface area contributed by atoms with Gasteiger partial charge in [-0.25, -0.2) is 5.01 Å². The van der Waals surface area contributed by atoms with E-state index in [4.69, 9.17) is 9.84 Å². The van der Waals surface area contributed by atoms with E-state index in [0.29, 0.717) is 11.3 Å². The van der Waals surface area contributed by atoms with E-state index < -0.39 is 0 Å². The molecule has 6 heteroatoms. The van der Waals surface area contributed by atoms with Gasteiger partial charge in [0.05, 0.1) is 24.4 Å². The number of rotatable bonds is 6. The fourth-order valence-corrected chi connectivity index (χ4v) is 5.49. The normalized spacial score (nSPS) is 19.7. The van der Waals surface area contributed by atoms with Gasteiger partial charge in [0.2, 0.25) is 0 Å². The van der Waals surface area contributed by atoms with Crippen LogP contribution in [0.2, 0.25) is 0 Å². The van der Waals surface area contributed by atoms with Gasteiger partial charge in [0, 0.05) is 45.5 Å². The Morgan fingerprint density at radius 2 is 1.55 bits per heavy atom. The highest BCUT2D eigenvalue weighted by atomic mass is 16.5. The van der Waals surface area contributed by atoms with Gasteiger partial charge in [0.15, 0.2) is 0 Å². The standard InChI is InChI=1S/C32H36N4O2/c1-34(2)25-17-13-22(14-18-25)21-24-9-8-11-28-30(24)33-36(32(37)27-10-6-7-12-29(27)38-5)31(28)23-15-19-26(20-16-23)35(3)4/h6-7,10,12-21,28,31H,8-9,11H2,1-5H3/b24-21+. The molecule has 0 aromatic heterocycles. The predicted octanol–water partition coefficient (Wildman–Crippen LogP) is 6.26. The minimum Gasteiger partial charge on any atom is -0.496 e. The van der Waals surface area contributed by atoms with Crippen molar-refractivity contribution < 1.29 is 9.53 Å². The van der Waals surface area contributed by atoms with E-state index in [0.717, 1.165) is 41.8 Å². The highest BCUT2D eigenvalue weighted by molar-refractivity contribution is 6.09. The summed E-state index contributed by atoms with van der Waals surface area (Å²) in [6.07, 6.45) is 5.25. The first-order valence-electron chi connectivity index (χ1n) is 13.2. The summed E-state index contributed by atoms with van der Waals surface area (Å²) in [6, 6.07) is 24.3. The maximum absolute atomic E-state index is 14.0. The van der Waals surface area contributed by atoms with Gasteiger partial charge in [0.1, 0.15) is 5.75 Å². The lowest BCUT2D eigenvalue weighted by molar-refractivity contribution is 0.0677. The molecule has 0 saturated heterocycles. The minimum absolute atomic E-state index is 0.138. The van der Waals surface area contributed by atoms with Crippen molar-refractivity contribution in [1.29, 1.82) is 0 Å². The Hall–Kier alpha value is -4.06. The smallest absolute Gasteiger partial charge is 0.278 e. The van der Waals surface area contributed by atoms with Crippen LogP contribution in [0.5, 0.6) is 5.75 Å². The average molecular weight is 509 g/mol. The lowest BCUT2D eigenvalue weighted by atomic mass is 9.77. The quantitative estimate of drug-likeness (QED) is 0.394. The van der Waals surface area contributed by atoms with Gasteiger partial charge in [-0.3, -0.25) is 4.79 Å². The maximum Gasteiger partial charge on any atom is 0.278 e. The Morgan fingerprint density at radius 1 is 0.921 bits per heavy atom. The lowest BCUT2D eigenvalue weighted by Crippen LogP contribution is -2.32. The first kappa shape index (κ1) is 25.6. The molecule has 0 bridgehead atoms. The number of amides is 1. The van der Waals surface area contributed by atoms with Crippen LogP contribution in [0.25, 0.3) is 6.08 Å². The van der Waals surface area contributed by atoms with Gasteiger partial charge in [-0.2, -0.15) is 5.10 Å². The zero-order chi connectivity index (χ0) is 26.8. The highest BCUT2D eigenvalue weighted by Gasteiger charge is 2.44. The molecule has 1 fully saturated rings. The first-order valence-corrected chi connectivity index (χ1v) is 13.2. The molecule has 0 radical (unpaired) electrons. The molecule has 2 unspecified atom stereocenters. The summed E-state index contributed by atoms with van der Waals surface area (Å²) in [4.78, 5) is 18.2. The van der Waals surface area contributed by atoms with E-state index in [9.17, 15) is 4.79 Å². The fraction of sp³-hybridized carbons (Fsp3) is 0.312. The van der Waals surface area contributed by atoms with E-state index in [2.05, 4.69) is 64.4 Å². The third-order valence-corrected chi connectivity index (χ3v) is 7.55. The van der Waals surface area contributed by atoms with Gasteiger partial charge in [-0.05, 0) is 78.4 Å². The Bertz CT molecular complexity index is 1360. The van der Waals surface area contributed by atoms with E-state index >= 15 is 0 Å². The number of hydrogen-bond donors (Lipinski definition) is 0. The Balaban J connectivity index is 1.56. The molecule has 0 N–H and O–H groups in total. The van der Waals surface area contributed by atoms with Gasteiger partial charge >= 0.3 is 0 Å². The van der Waals surface area contributed by atoms with Crippen LogP contribution in [-0.4, -0.2) is 51.9 Å². The van der Waals surface area contributed by atoms with Crippen LogP contribution in [0, 0.1) is 5.92 Å². The molecule has 5 rings (SSSR count). The zero-order valence-corrected chi connectivity index (χ0v) is 22.9. The molecule has 38 heavy (non-hydrogen) atoms. The predicted molar refractivity (Wildman–Crippen MR) is 156 cm³/mol. The molecule has 2 atom stereocenters. The van der Waals surface area contributed by atoms with Crippen molar-refractivity contribution in [3.05, 3.63) is 95.1 Å². The number of carbonyl (C=O) groups is 1. The number of para-hydroxylation sites is 1. The first-order chi connectivity index (χ1) is 18.4. The van der Waals surface area contributed by atoms with Gasteiger partial charge in [-0.1, -0.05) is 36.4 Å². The van der Waals surface area contributed by atoms with Gasteiger partial charge < -0.3 is 14.5 Å². The largest absolute Gasteiger partial charge is 0.496 e. The second-order valence-corrected chi connectivity index (χ2v) is 10.4. The van der Waals surface area contributed by atoms with Crippen molar-refractivity contribution in [2.24, 2.45) is 11.0 Å². The van der Waals surface area contributed by atoms with Crippen LogP contribution in [0.4, 0.5) is 11.4 Å². The fourth-order valence-electron chi connectivity index (χ4n) is 5.49. The molecule has 6 nitrogen and oxygen atoms in total. The summed E-state index contributed by atoms with van der Waals surface area (Å²) in [6.45, 7) is 0. The summed E-state index contributed by atoms with van der Waals surface area (Å²) in [5, 5.41) is 6.76. The molecule has 3 aromatic rings. The number of fused-ring (bicyclic) bond motifs is 1. The Labute approximate surface area is 225 Å². The highest BCUT2D eigenvalue weighted by Crippen LogP contribution is 2.45. The number of ether oxygens (including phenoxy) is 1. The number of hydrazone groups is 1. The van der Waals surface area contributed by atoms with E-state index in [1.54, 1.807) is 12.1 Å². The Morgan fingerprint density at radius 3 is 2.18 bits per heavy atom. The molecule has 1 aliphatic heterocycles. The molecule has 1 heterocycles. The number of carbonyl (C=O) groups excluding carboxylic acids is 1. The van der Waals surface area contributed by atoms with Crippen molar-refractivity contribution in [2.45, 2.75) is 25.3 Å². The van der Waals surface area contributed by atoms with Crippen LogP contribution in [0.1, 0.15) is 46.8 Å². The van der Waals surface area contributed by atoms with E-state index in [1.165, 1.54) is 11.3 Å². The molecule has 1 aliphatic carbocycles. The van der Waals surface area contributed by atoms with E-state index in [-0.39, 0.29) is 17.9 Å². The number of allylic oxidation sites excluding steroid dienone is 1. The number of nitrogens with zero attached hydrogens (tertiary/aromatic N) is 4. The zero-order valence-electron chi connectivity index (χ0n) is 22.9. The Kier molecular flexibility index (Phi) is 7.23. The number of methoxy groups -OCH3 is 1. The number of benzene rings is 3. The summed E-state index contributed by atoms with van der Waals surface area (Å²) < 4.78 is 5.54. The topological polar surface area (TPSA) is 48.4 Å². The summed E-state index contributed by atoms with van der Waals surface area (Å²) in [5.41, 5.74) is 7.30. The molecular formula is C32H36N4O2. The van der Waals surface area contributed by atoms with Crippen LogP contribution in [0.3, 0.4) is 0 Å². The van der Waals surface area contributed by atoms with Crippen molar-refractivity contribution in [3.8, 4) is 5.75 Å². The van der Waals surface area contributed by atoms with Gasteiger partial charge in [0.25, 0.3) is 5.91 Å². The third kappa shape index (κ3) is 4.91. The van der Waals surface area contributed by atoms with Crippen molar-refractivity contribution >= 4 is 29.1 Å². The van der Waals surface area contributed by atoms with Crippen molar-refractivity contribution in [2.75, 3.05) is 45.1 Å². The molecule has 1 amide bonds. The molecule has 1 saturated carbocycles. The van der Waals surface area contributed by atoms with Crippen LogP contribution < -0.4 is 14.5 Å². The molecule has 3 aromatic carbocycles. The number of anilines is 2. The van der Waals surface area contributed by atoms with Crippen LogP contribution >= 0.6 is 0 Å². The average Bonchev–Trinajstić information content (AvgIpc) is 3.33. The molecule has 2 aliphatic rings. The third-order valence-electron chi connectivity index (χ3n) is 7.55. The van der Waals surface area contributed by atoms with E-state index in [1.807, 2.05) is 52.5 Å². The summed E-state index contributed by atoms with van der Waals surface area (Å²) in [7, 11) is 9.76. The maximum atomic E-state index is 14.0. The van der Waals surface area contributed by atoms with Crippen LogP contribution in [0.15, 0.2) is 83.5 Å². The summed E-state index contributed by atoms with van der Waals surface area (Å²) in [5.74, 6) is 0.562. The van der Waals surface area contributed by atoms with Crippen molar-refractivity contribution in [3.63, 3.8) is 0 Å². The van der Waals surface area contributed by atoms with Crippen molar-refractivity contribution in [1.82, 2.24) is 5.01 Å². The van der Waals surface area contributed by atoms with Crippen LogP contribution in [-0.2, 0) is 0 Å². The second-order valence-electron chi connectivity index (χ2n) is 10.4. The molecular weight excluding hydrogens is 472 g/mol. The minimum atomic E-state index is -0.168. The SMILES string of the molecule is COc1ccccc1C(=O)N1N=C2/C(=C/c3ccc(N(C)C)cc3)CCCC2C1c1ccc(N(C)C)cc1. The molecule has 196 valence electrons. The monoisotopic (exact) mass is 508 g/mol. The van der Waals surface area contributed by atoms with Gasteiger partial charge in [-0.15, -0.1) is 0 Å².